The van der Waals surface area contributed by atoms with Crippen LogP contribution in [0.3, 0.4) is 0 Å². The van der Waals surface area contributed by atoms with E-state index in [-0.39, 0.29) is 55.2 Å². The Balaban J connectivity index is 1.46. The monoisotopic (exact) mass is 535 g/mol. The van der Waals surface area contributed by atoms with Crippen LogP contribution in [0.5, 0.6) is 0 Å². The highest BCUT2D eigenvalue weighted by molar-refractivity contribution is 6.10. The number of benzene rings is 2. The quantitative estimate of drug-likeness (QED) is 0.325. The lowest BCUT2D eigenvalue weighted by Crippen LogP contribution is -2.50. The van der Waals surface area contributed by atoms with Gasteiger partial charge in [-0.05, 0) is 53.9 Å². The number of fused-ring (bicyclic) bond motifs is 1. The van der Waals surface area contributed by atoms with Crippen LogP contribution in [-0.4, -0.2) is 47.1 Å². The van der Waals surface area contributed by atoms with Gasteiger partial charge in [0, 0.05) is 24.8 Å². The van der Waals surface area contributed by atoms with Crippen LogP contribution in [0.2, 0.25) is 0 Å². The maximum Gasteiger partial charge on any atom is 0.416 e. The lowest BCUT2D eigenvalue weighted by atomic mass is 9.74. The van der Waals surface area contributed by atoms with Gasteiger partial charge in [0.05, 0.1) is 37.4 Å². The molecule has 2 aliphatic heterocycles. The number of carbonyl (C=O) groups excluding carboxylic acids is 1. The minimum Gasteiger partial charge on any atom is -0.379 e. The molecule has 1 N–H and O–H groups in total. The number of carbonyl (C=O) groups is 1. The van der Waals surface area contributed by atoms with Crippen molar-refractivity contribution >= 4 is 11.6 Å². The minimum atomic E-state index is -4.66. The first-order valence-corrected chi connectivity index (χ1v) is 12.1. The molecule has 12 heteroatoms. The number of halogens is 5. The Labute approximate surface area is 215 Å². The molecule has 0 unspecified atom stereocenters. The van der Waals surface area contributed by atoms with Crippen molar-refractivity contribution in [2.45, 2.75) is 37.3 Å². The summed E-state index contributed by atoms with van der Waals surface area (Å²) in [6, 6.07) is 9.08. The van der Waals surface area contributed by atoms with E-state index < -0.39 is 35.9 Å². The molecule has 0 bridgehead atoms. The number of ether oxygens (including phenoxy) is 1. The molecular formula is C26H26F5N5O2. The number of aryl methyl sites for hydroxylation is 1. The lowest BCUT2D eigenvalue weighted by Gasteiger charge is -2.43. The van der Waals surface area contributed by atoms with E-state index in [1.54, 1.807) is 31.3 Å². The Morgan fingerprint density at radius 1 is 1.21 bits per heavy atom. The van der Waals surface area contributed by atoms with Crippen LogP contribution in [0.4, 0.5) is 27.6 Å². The van der Waals surface area contributed by atoms with E-state index in [2.05, 4.69) is 15.5 Å². The Kier molecular flexibility index (Phi) is 6.95. The minimum absolute atomic E-state index is 0.0309. The fourth-order valence-corrected chi connectivity index (χ4v) is 4.99. The molecule has 1 fully saturated rings. The zero-order valence-electron chi connectivity index (χ0n) is 20.6. The van der Waals surface area contributed by atoms with Crippen molar-refractivity contribution in [1.82, 2.24) is 20.1 Å². The molecule has 2 aromatic carbocycles. The van der Waals surface area contributed by atoms with E-state index in [0.717, 1.165) is 6.07 Å². The summed E-state index contributed by atoms with van der Waals surface area (Å²) in [5.41, 5.74) is -0.888. The van der Waals surface area contributed by atoms with E-state index in [1.807, 2.05) is 0 Å². The van der Waals surface area contributed by atoms with Crippen molar-refractivity contribution < 1.29 is 31.5 Å². The Bertz CT molecular complexity index is 1340. The molecule has 38 heavy (non-hydrogen) atoms. The summed E-state index contributed by atoms with van der Waals surface area (Å²) in [7, 11) is 1.63. The number of aromatic nitrogens is 3. The average molecular weight is 536 g/mol. The highest BCUT2D eigenvalue weighted by Crippen LogP contribution is 2.46. The number of amides is 1. The van der Waals surface area contributed by atoms with Gasteiger partial charge in [-0.1, -0.05) is 12.1 Å². The maximum absolute atomic E-state index is 15.8. The Morgan fingerprint density at radius 2 is 2.00 bits per heavy atom. The predicted molar refractivity (Wildman–Crippen MR) is 128 cm³/mol. The molecule has 1 saturated heterocycles. The number of anilines is 1. The molecule has 7 nitrogen and oxygen atoms in total. The molecule has 5 rings (SSSR count). The molecule has 3 heterocycles. The third kappa shape index (κ3) is 4.55. The summed E-state index contributed by atoms with van der Waals surface area (Å²) in [5, 5.41) is 10.5. The van der Waals surface area contributed by atoms with Crippen molar-refractivity contribution in [3.63, 3.8) is 0 Å². The molecule has 202 valence electrons. The van der Waals surface area contributed by atoms with E-state index in [9.17, 15) is 22.4 Å². The number of nitrogens with one attached hydrogen (secondary N) is 1. The summed E-state index contributed by atoms with van der Waals surface area (Å²) in [6.07, 6.45) is -4.57. The molecule has 1 atom stereocenters. The number of nitrogens with zero attached hydrogens (tertiary/aromatic N) is 4. The van der Waals surface area contributed by atoms with E-state index in [0.29, 0.717) is 17.8 Å². The van der Waals surface area contributed by atoms with Gasteiger partial charge in [-0.3, -0.25) is 9.18 Å². The summed E-state index contributed by atoms with van der Waals surface area (Å²) in [6.45, 7) is -0.273. The smallest absolute Gasteiger partial charge is 0.379 e. The van der Waals surface area contributed by atoms with Crippen molar-refractivity contribution in [2.75, 3.05) is 31.3 Å². The summed E-state index contributed by atoms with van der Waals surface area (Å²) in [5.74, 6) is -0.442. The standard InChI is InChI=1S/C26H26F5N5O2/c1-35-15-33-34-23(35)22(28)25(13-38-14-25)17-4-2-5-18(10-17)36-12-20-19(24(36)37)8-16(11-32-7-3-6-27)9-21(20)26(29,30)31/h2,4-5,8-10,15,22,32H,3,6-7,11-14H2,1H3/t22-/m0/s1. The normalized spacial score (nSPS) is 17.4. The van der Waals surface area contributed by atoms with Crippen molar-refractivity contribution in [3.05, 3.63) is 76.4 Å². The molecule has 0 saturated carbocycles. The van der Waals surface area contributed by atoms with E-state index >= 15 is 4.39 Å². The molecule has 2 aliphatic rings. The fraction of sp³-hybridized carbons (Fsp3) is 0.423. The number of hydrogen-bond acceptors (Lipinski definition) is 5. The highest BCUT2D eigenvalue weighted by Gasteiger charge is 2.51. The van der Waals surface area contributed by atoms with Gasteiger partial charge in [-0.15, -0.1) is 10.2 Å². The molecular weight excluding hydrogens is 509 g/mol. The van der Waals surface area contributed by atoms with Gasteiger partial charge in [-0.2, -0.15) is 13.2 Å². The van der Waals surface area contributed by atoms with Gasteiger partial charge in [-0.25, -0.2) is 4.39 Å². The Hall–Kier alpha value is -3.38. The first-order valence-electron chi connectivity index (χ1n) is 12.1. The van der Waals surface area contributed by atoms with Gasteiger partial charge >= 0.3 is 6.18 Å². The second kappa shape index (κ2) is 10.1. The predicted octanol–water partition coefficient (Wildman–Crippen LogP) is 4.42. The van der Waals surface area contributed by atoms with E-state index in [4.69, 9.17) is 4.74 Å². The summed E-state index contributed by atoms with van der Waals surface area (Å²) >= 11 is 0. The van der Waals surface area contributed by atoms with Crippen molar-refractivity contribution in [3.8, 4) is 0 Å². The largest absolute Gasteiger partial charge is 0.416 e. The lowest BCUT2D eigenvalue weighted by molar-refractivity contribution is -0.138. The van der Waals surface area contributed by atoms with E-state index in [1.165, 1.54) is 21.9 Å². The first kappa shape index (κ1) is 26.2. The summed E-state index contributed by atoms with van der Waals surface area (Å²) < 4.78 is 76.9. The molecule has 1 aromatic heterocycles. The highest BCUT2D eigenvalue weighted by atomic mass is 19.4. The van der Waals surface area contributed by atoms with Crippen molar-refractivity contribution in [2.24, 2.45) is 7.05 Å². The second-order valence-electron chi connectivity index (χ2n) is 9.64. The third-order valence-corrected chi connectivity index (χ3v) is 7.13. The van der Waals surface area contributed by atoms with Gasteiger partial charge in [0.1, 0.15) is 6.33 Å². The van der Waals surface area contributed by atoms with Crippen molar-refractivity contribution in [1.29, 1.82) is 0 Å². The molecule has 1 amide bonds. The van der Waals surface area contributed by atoms with Gasteiger partial charge in [0.2, 0.25) is 0 Å². The van der Waals surface area contributed by atoms with Crippen LogP contribution in [0.15, 0.2) is 42.7 Å². The SMILES string of the molecule is Cn1cnnc1[C@H](F)C1(c2cccc(N3Cc4c(cc(CNCCCF)cc4C(F)(F)F)C3=O)c2)COC1. The topological polar surface area (TPSA) is 72.3 Å². The van der Waals surface area contributed by atoms with Gasteiger partial charge in [0.15, 0.2) is 12.0 Å². The van der Waals surface area contributed by atoms with Crippen LogP contribution in [-0.2, 0) is 36.5 Å². The number of rotatable bonds is 9. The fourth-order valence-electron chi connectivity index (χ4n) is 4.99. The number of alkyl halides is 5. The zero-order chi connectivity index (χ0) is 27.1. The van der Waals surface area contributed by atoms with Crippen LogP contribution in [0.1, 0.15) is 51.0 Å². The van der Waals surface area contributed by atoms with Crippen LogP contribution >= 0.6 is 0 Å². The van der Waals surface area contributed by atoms with Gasteiger partial charge in [0.25, 0.3) is 5.91 Å². The van der Waals surface area contributed by atoms with Crippen LogP contribution in [0.25, 0.3) is 0 Å². The summed E-state index contributed by atoms with van der Waals surface area (Å²) in [4.78, 5) is 14.7. The van der Waals surface area contributed by atoms with Crippen LogP contribution < -0.4 is 10.2 Å². The molecule has 0 aliphatic carbocycles. The maximum atomic E-state index is 15.8. The molecule has 3 aromatic rings. The van der Waals surface area contributed by atoms with Gasteiger partial charge < -0.3 is 19.5 Å². The third-order valence-electron chi connectivity index (χ3n) is 7.13. The average Bonchev–Trinajstić information content (AvgIpc) is 3.43. The molecule has 0 radical (unpaired) electrons. The van der Waals surface area contributed by atoms with Crippen LogP contribution in [0, 0.1) is 0 Å². The zero-order valence-corrected chi connectivity index (χ0v) is 20.6. The second-order valence-corrected chi connectivity index (χ2v) is 9.64. The first-order chi connectivity index (χ1) is 18.2. The molecule has 0 spiro atoms. The number of hydrogen-bond donors (Lipinski definition) is 1. The Morgan fingerprint density at radius 3 is 2.63 bits per heavy atom.